The number of amides is 1. The van der Waals surface area contributed by atoms with E-state index in [1.807, 2.05) is 0 Å². The van der Waals surface area contributed by atoms with Gasteiger partial charge >= 0.3 is 0 Å². The van der Waals surface area contributed by atoms with Crippen LogP contribution in [-0.4, -0.2) is 12.5 Å². The number of ether oxygens (including phenoxy) is 1. The molecule has 0 aromatic heterocycles. The predicted molar refractivity (Wildman–Crippen MR) is 72.2 cm³/mol. The number of primary amides is 1. The van der Waals surface area contributed by atoms with Gasteiger partial charge in [0.15, 0.2) is 0 Å². The van der Waals surface area contributed by atoms with E-state index in [4.69, 9.17) is 10.5 Å². The van der Waals surface area contributed by atoms with Gasteiger partial charge in [-0.25, -0.2) is 4.39 Å². The molecule has 0 saturated heterocycles. The predicted octanol–water partition coefficient (Wildman–Crippen LogP) is 3.50. The molecule has 5 heteroatoms. The molecule has 0 unspecified atom stereocenters. The smallest absolute Gasteiger partial charge is 0.252 e. The molecule has 1 aromatic carbocycles. The van der Waals surface area contributed by atoms with Crippen molar-refractivity contribution in [2.24, 2.45) is 11.7 Å². The number of hydrogen-bond acceptors (Lipinski definition) is 2. The zero-order chi connectivity index (χ0) is 13.7. The number of nitrogens with two attached hydrogens (primary N) is 1. The second-order valence-electron chi connectivity index (χ2n) is 4.28. The summed E-state index contributed by atoms with van der Waals surface area (Å²) >= 11 is 3.01. The summed E-state index contributed by atoms with van der Waals surface area (Å²) < 4.78 is 19.0. The van der Waals surface area contributed by atoms with E-state index in [9.17, 15) is 9.18 Å². The molecule has 100 valence electrons. The SMILES string of the molecule is CC[C@@H](C)CCOc1cc(F)c(Br)cc1C(N)=O. The summed E-state index contributed by atoms with van der Waals surface area (Å²) in [6.07, 6.45) is 1.91. The van der Waals surface area contributed by atoms with Crippen molar-refractivity contribution in [3.05, 3.63) is 28.0 Å². The molecule has 0 bridgehead atoms. The Morgan fingerprint density at radius 2 is 2.22 bits per heavy atom. The Hall–Kier alpha value is -1.10. The molecule has 3 nitrogen and oxygen atoms in total. The Labute approximate surface area is 115 Å². The average molecular weight is 318 g/mol. The molecule has 0 saturated carbocycles. The summed E-state index contributed by atoms with van der Waals surface area (Å²) in [6, 6.07) is 2.52. The van der Waals surface area contributed by atoms with Crippen LogP contribution in [0.15, 0.2) is 16.6 Å². The lowest BCUT2D eigenvalue weighted by molar-refractivity contribution is 0.0996. The highest BCUT2D eigenvalue weighted by Gasteiger charge is 2.14. The Kier molecular flexibility index (Phi) is 5.59. The summed E-state index contributed by atoms with van der Waals surface area (Å²) in [4.78, 5) is 11.2. The number of benzene rings is 1. The fraction of sp³-hybridized carbons (Fsp3) is 0.462. The van der Waals surface area contributed by atoms with Gasteiger partial charge in [0, 0.05) is 6.07 Å². The molecule has 0 heterocycles. The van der Waals surface area contributed by atoms with Crippen LogP contribution >= 0.6 is 15.9 Å². The summed E-state index contributed by atoms with van der Waals surface area (Å²) in [5.41, 5.74) is 5.42. The van der Waals surface area contributed by atoms with Gasteiger partial charge in [0.2, 0.25) is 0 Å². The van der Waals surface area contributed by atoms with Gasteiger partial charge in [-0.3, -0.25) is 4.79 Å². The van der Waals surface area contributed by atoms with E-state index in [0.717, 1.165) is 12.8 Å². The largest absolute Gasteiger partial charge is 0.493 e. The highest BCUT2D eigenvalue weighted by Crippen LogP contribution is 2.26. The minimum absolute atomic E-state index is 0.187. The topological polar surface area (TPSA) is 52.3 Å². The quantitative estimate of drug-likeness (QED) is 0.873. The molecule has 0 fully saturated rings. The number of rotatable bonds is 6. The van der Waals surface area contributed by atoms with Crippen LogP contribution < -0.4 is 10.5 Å². The van der Waals surface area contributed by atoms with Crippen LogP contribution in [0.2, 0.25) is 0 Å². The molecule has 0 aliphatic carbocycles. The van der Waals surface area contributed by atoms with E-state index in [1.165, 1.54) is 12.1 Å². The van der Waals surface area contributed by atoms with Crippen molar-refractivity contribution in [2.45, 2.75) is 26.7 Å². The van der Waals surface area contributed by atoms with Gasteiger partial charge in [-0.05, 0) is 34.3 Å². The first-order valence-corrected chi connectivity index (χ1v) is 6.66. The maximum Gasteiger partial charge on any atom is 0.252 e. The molecule has 0 aliphatic heterocycles. The van der Waals surface area contributed by atoms with Gasteiger partial charge in [0.25, 0.3) is 5.91 Å². The Bertz CT molecular complexity index is 437. The third-order valence-corrected chi connectivity index (χ3v) is 3.46. The summed E-state index contributed by atoms with van der Waals surface area (Å²) in [6.45, 7) is 4.65. The lowest BCUT2D eigenvalue weighted by Gasteiger charge is -2.12. The second kappa shape index (κ2) is 6.73. The van der Waals surface area contributed by atoms with Gasteiger partial charge in [-0.2, -0.15) is 0 Å². The van der Waals surface area contributed by atoms with E-state index in [0.29, 0.717) is 12.5 Å². The van der Waals surface area contributed by atoms with Crippen LogP contribution in [0, 0.1) is 11.7 Å². The summed E-state index contributed by atoms with van der Waals surface area (Å²) in [5, 5.41) is 0. The molecule has 2 N–H and O–H groups in total. The molecular formula is C13H17BrFNO2. The first kappa shape index (κ1) is 15.0. The van der Waals surface area contributed by atoms with Gasteiger partial charge in [-0.15, -0.1) is 0 Å². The highest BCUT2D eigenvalue weighted by atomic mass is 79.9. The van der Waals surface area contributed by atoms with Gasteiger partial charge in [0.1, 0.15) is 11.6 Å². The Balaban J connectivity index is 2.80. The molecule has 0 spiro atoms. The number of carbonyl (C=O) groups excluding carboxylic acids is 1. The lowest BCUT2D eigenvalue weighted by atomic mass is 10.1. The minimum Gasteiger partial charge on any atom is -0.493 e. The van der Waals surface area contributed by atoms with Crippen molar-refractivity contribution in [3.8, 4) is 5.75 Å². The molecule has 1 aromatic rings. The number of halogens is 2. The molecular weight excluding hydrogens is 301 g/mol. The van der Waals surface area contributed by atoms with E-state index in [-0.39, 0.29) is 15.8 Å². The van der Waals surface area contributed by atoms with Crippen LogP contribution in [0.5, 0.6) is 5.75 Å². The third kappa shape index (κ3) is 3.98. The normalized spacial score (nSPS) is 12.2. The maximum absolute atomic E-state index is 13.4. The van der Waals surface area contributed by atoms with Crippen LogP contribution in [0.25, 0.3) is 0 Å². The van der Waals surface area contributed by atoms with E-state index in [1.54, 1.807) is 0 Å². The van der Waals surface area contributed by atoms with Gasteiger partial charge < -0.3 is 10.5 Å². The molecule has 1 rings (SSSR count). The van der Waals surface area contributed by atoms with Crippen molar-refractivity contribution < 1.29 is 13.9 Å². The molecule has 0 radical (unpaired) electrons. The molecule has 0 aliphatic rings. The van der Waals surface area contributed by atoms with Crippen molar-refractivity contribution in [3.63, 3.8) is 0 Å². The van der Waals surface area contributed by atoms with Gasteiger partial charge in [-0.1, -0.05) is 20.3 Å². The Morgan fingerprint density at radius 1 is 1.56 bits per heavy atom. The summed E-state index contributed by atoms with van der Waals surface area (Å²) in [7, 11) is 0. The van der Waals surface area contributed by atoms with Crippen LogP contribution in [0.4, 0.5) is 4.39 Å². The van der Waals surface area contributed by atoms with Crippen LogP contribution in [0.3, 0.4) is 0 Å². The first-order chi connectivity index (χ1) is 8.45. The zero-order valence-corrected chi connectivity index (χ0v) is 12.1. The van der Waals surface area contributed by atoms with E-state index >= 15 is 0 Å². The molecule has 1 atom stereocenters. The number of carbonyl (C=O) groups is 1. The summed E-state index contributed by atoms with van der Waals surface area (Å²) in [5.74, 6) is -0.374. The zero-order valence-electron chi connectivity index (χ0n) is 10.5. The lowest BCUT2D eigenvalue weighted by Crippen LogP contribution is -2.14. The Morgan fingerprint density at radius 3 is 2.78 bits per heavy atom. The maximum atomic E-state index is 13.4. The van der Waals surface area contributed by atoms with E-state index < -0.39 is 11.7 Å². The standard InChI is InChI=1S/C13H17BrFNO2/c1-3-8(2)4-5-18-12-7-11(15)10(14)6-9(12)13(16)17/h6-8H,3-5H2,1-2H3,(H2,16,17)/t8-/m1/s1. The second-order valence-corrected chi connectivity index (χ2v) is 5.13. The first-order valence-electron chi connectivity index (χ1n) is 5.87. The fourth-order valence-corrected chi connectivity index (χ4v) is 1.76. The monoisotopic (exact) mass is 317 g/mol. The third-order valence-electron chi connectivity index (χ3n) is 2.85. The molecule has 18 heavy (non-hydrogen) atoms. The highest BCUT2D eigenvalue weighted by molar-refractivity contribution is 9.10. The van der Waals surface area contributed by atoms with E-state index in [2.05, 4.69) is 29.8 Å². The number of hydrogen-bond donors (Lipinski definition) is 1. The average Bonchev–Trinajstić information content (AvgIpc) is 2.32. The fourth-order valence-electron chi connectivity index (χ4n) is 1.41. The van der Waals surface area contributed by atoms with Crippen molar-refractivity contribution in [1.82, 2.24) is 0 Å². The van der Waals surface area contributed by atoms with Crippen molar-refractivity contribution >= 4 is 21.8 Å². The van der Waals surface area contributed by atoms with Crippen molar-refractivity contribution in [1.29, 1.82) is 0 Å². The van der Waals surface area contributed by atoms with Crippen LogP contribution in [-0.2, 0) is 0 Å². The van der Waals surface area contributed by atoms with Gasteiger partial charge in [0.05, 0.1) is 16.6 Å². The molecule has 1 amide bonds. The minimum atomic E-state index is -0.630. The van der Waals surface area contributed by atoms with Crippen molar-refractivity contribution in [2.75, 3.05) is 6.61 Å². The van der Waals surface area contributed by atoms with Crippen LogP contribution in [0.1, 0.15) is 37.0 Å².